The lowest BCUT2D eigenvalue weighted by Gasteiger charge is -2.36. The molecule has 8 nitrogen and oxygen atoms in total. The molecule has 2 atom stereocenters. The highest BCUT2D eigenvalue weighted by Crippen LogP contribution is 2.42. The fourth-order valence-corrected chi connectivity index (χ4v) is 6.48. The van der Waals surface area contributed by atoms with Gasteiger partial charge < -0.3 is 14.3 Å². The largest absolute Gasteiger partial charge is 0.415 e. The molecule has 1 N–H and O–H groups in total. The first-order valence-electron chi connectivity index (χ1n) is 11.0. The Labute approximate surface area is 199 Å². The van der Waals surface area contributed by atoms with Crippen LogP contribution in [-0.2, 0) is 21.3 Å². The molecule has 0 radical (unpaired) electrons. The summed E-state index contributed by atoms with van der Waals surface area (Å²) in [6, 6.07) is 8.79. The van der Waals surface area contributed by atoms with Crippen LogP contribution < -0.4 is 0 Å². The molecule has 2 aliphatic heterocycles. The molecule has 186 valence electrons. The second-order valence-corrected chi connectivity index (χ2v) is 10.4. The highest BCUT2D eigenvalue weighted by Gasteiger charge is 2.45. The maximum Gasteiger partial charge on any atom is 0.314 e. The molecule has 35 heavy (non-hydrogen) atoms. The molecule has 1 aromatic heterocycles. The Morgan fingerprint density at radius 3 is 2.43 bits per heavy atom. The molecule has 0 aliphatic carbocycles. The SMILES string of the molecule is O=S1(=O)c2cc(-c3nnc(C(F)F)o3)ccc2CN1C(c1ccc(F)cc1)C(O)C1CCOCC1. The zero-order chi connectivity index (χ0) is 24.7. The maximum atomic E-state index is 13.7. The Kier molecular flexibility index (Phi) is 6.38. The maximum absolute atomic E-state index is 13.7. The van der Waals surface area contributed by atoms with E-state index in [0.29, 0.717) is 37.2 Å². The molecule has 2 aromatic carbocycles. The van der Waals surface area contributed by atoms with E-state index < -0.39 is 40.3 Å². The van der Waals surface area contributed by atoms with E-state index in [2.05, 4.69) is 10.2 Å². The summed E-state index contributed by atoms with van der Waals surface area (Å²) in [5, 5.41) is 18.2. The van der Waals surface area contributed by atoms with E-state index in [1.165, 1.54) is 40.7 Å². The first-order valence-corrected chi connectivity index (χ1v) is 12.5. The standard InChI is InChI=1S/C23H22F3N3O5S/c24-17-5-3-13(4-6-17)19(20(30)14-7-9-33-10-8-14)29-12-16-2-1-15(11-18(16)35(29,31)32)22-27-28-23(34-22)21(25)26/h1-6,11,14,19-21,30H,7-10,12H2. The lowest BCUT2D eigenvalue weighted by molar-refractivity contribution is -0.0215. The van der Waals surface area contributed by atoms with Crippen molar-refractivity contribution in [1.82, 2.24) is 14.5 Å². The third-order valence-corrected chi connectivity index (χ3v) is 8.36. The first kappa shape index (κ1) is 23.9. The van der Waals surface area contributed by atoms with Gasteiger partial charge in [-0.05, 0) is 54.2 Å². The predicted molar refractivity (Wildman–Crippen MR) is 116 cm³/mol. The van der Waals surface area contributed by atoms with Crippen molar-refractivity contribution in [3.63, 3.8) is 0 Å². The number of sulfonamides is 1. The van der Waals surface area contributed by atoms with Crippen LogP contribution in [0.4, 0.5) is 13.2 Å². The molecule has 12 heteroatoms. The smallest absolute Gasteiger partial charge is 0.314 e. The van der Waals surface area contributed by atoms with E-state index in [4.69, 9.17) is 9.15 Å². The summed E-state index contributed by atoms with van der Waals surface area (Å²) in [5.74, 6) is -1.78. The summed E-state index contributed by atoms with van der Waals surface area (Å²) in [5.41, 5.74) is 1.10. The van der Waals surface area contributed by atoms with Crippen molar-refractivity contribution in [3.8, 4) is 11.5 Å². The zero-order valence-electron chi connectivity index (χ0n) is 18.4. The fourth-order valence-electron chi connectivity index (χ4n) is 4.63. The quantitative estimate of drug-likeness (QED) is 0.538. The van der Waals surface area contributed by atoms with Crippen molar-refractivity contribution in [2.24, 2.45) is 5.92 Å². The Morgan fingerprint density at radius 1 is 1.06 bits per heavy atom. The Morgan fingerprint density at radius 2 is 1.77 bits per heavy atom. The van der Waals surface area contributed by atoms with Crippen LogP contribution in [0.1, 0.15) is 42.3 Å². The summed E-state index contributed by atoms with van der Waals surface area (Å²) in [4.78, 5) is -0.0434. The van der Waals surface area contributed by atoms with Crippen molar-refractivity contribution >= 4 is 10.0 Å². The molecule has 1 fully saturated rings. The number of nitrogens with zero attached hydrogens (tertiary/aromatic N) is 3. The minimum Gasteiger partial charge on any atom is -0.415 e. The van der Waals surface area contributed by atoms with Crippen LogP contribution in [0.25, 0.3) is 11.5 Å². The fraction of sp³-hybridized carbons (Fsp3) is 0.391. The molecule has 0 spiro atoms. The van der Waals surface area contributed by atoms with Crippen LogP contribution in [0.5, 0.6) is 0 Å². The second kappa shape index (κ2) is 9.34. The minimum absolute atomic E-state index is 0.0214. The van der Waals surface area contributed by atoms with Gasteiger partial charge in [0.05, 0.1) is 17.0 Å². The number of ether oxygens (including phenoxy) is 1. The molecule has 0 amide bonds. The first-order chi connectivity index (χ1) is 16.8. The van der Waals surface area contributed by atoms with Crippen molar-refractivity contribution < 1.29 is 35.8 Å². The molecule has 2 aliphatic rings. The molecular weight excluding hydrogens is 487 g/mol. The van der Waals surface area contributed by atoms with Gasteiger partial charge in [-0.2, -0.15) is 13.1 Å². The van der Waals surface area contributed by atoms with Gasteiger partial charge in [0.2, 0.25) is 15.9 Å². The van der Waals surface area contributed by atoms with E-state index in [1.807, 2.05) is 0 Å². The Bertz CT molecular complexity index is 1310. The Balaban J connectivity index is 1.53. The van der Waals surface area contributed by atoms with Crippen molar-refractivity contribution in [1.29, 1.82) is 0 Å². The van der Waals surface area contributed by atoms with Gasteiger partial charge in [0.1, 0.15) is 5.82 Å². The monoisotopic (exact) mass is 509 g/mol. The zero-order valence-corrected chi connectivity index (χ0v) is 19.2. The third kappa shape index (κ3) is 4.46. The number of aromatic nitrogens is 2. The summed E-state index contributed by atoms with van der Waals surface area (Å²) >= 11 is 0. The summed E-state index contributed by atoms with van der Waals surface area (Å²) < 4.78 is 78.2. The molecular formula is C23H22F3N3O5S. The molecule has 5 rings (SSSR count). The molecule has 0 bridgehead atoms. The molecule has 3 aromatic rings. The molecule has 3 heterocycles. The number of hydrogen-bond acceptors (Lipinski definition) is 7. The lowest BCUT2D eigenvalue weighted by Crippen LogP contribution is -2.42. The number of aliphatic hydroxyl groups is 1. The number of halogens is 3. The van der Waals surface area contributed by atoms with Gasteiger partial charge in [-0.3, -0.25) is 0 Å². The molecule has 1 saturated heterocycles. The van der Waals surface area contributed by atoms with Gasteiger partial charge in [0.15, 0.2) is 0 Å². The molecule has 0 saturated carbocycles. The number of alkyl halides is 2. The van der Waals surface area contributed by atoms with Crippen LogP contribution in [0.15, 0.2) is 51.8 Å². The van der Waals surface area contributed by atoms with E-state index >= 15 is 0 Å². The number of rotatable bonds is 6. The van der Waals surface area contributed by atoms with Crippen LogP contribution in [0.3, 0.4) is 0 Å². The van der Waals surface area contributed by atoms with Crippen LogP contribution in [-0.4, -0.2) is 47.3 Å². The topological polar surface area (TPSA) is 106 Å². The average molecular weight is 510 g/mol. The highest BCUT2D eigenvalue weighted by molar-refractivity contribution is 7.89. The van der Waals surface area contributed by atoms with Crippen molar-refractivity contribution in [3.05, 3.63) is 65.3 Å². The van der Waals surface area contributed by atoms with Gasteiger partial charge in [0.25, 0.3) is 5.89 Å². The summed E-state index contributed by atoms with van der Waals surface area (Å²) in [7, 11) is -4.12. The van der Waals surface area contributed by atoms with E-state index in [9.17, 15) is 26.7 Å². The minimum atomic E-state index is -4.12. The van der Waals surface area contributed by atoms with Crippen LogP contribution >= 0.6 is 0 Å². The van der Waals surface area contributed by atoms with Crippen LogP contribution in [0.2, 0.25) is 0 Å². The Hall–Kier alpha value is -2.80. The van der Waals surface area contributed by atoms with Gasteiger partial charge >= 0.3 is 6.43 Å². The number of benzene rings is 2. The van der Waals surface area contributed by atoms with Gasteiger partial charge in [-0.25, -0.2) is 12.8 Å². The third-order valence-electron chi connectivity index (χ3n) is 6.45. The number of fused-ring (bicyclic) bond motifs is 1. The van der Waals surface area contributed by atoms with Crippen molar-refractivity contribution in [2.45, 2.75) is 42.9 Å². The number of hydrogen-bond donors (Lipinski definition) is 1. The van der Waals surface area contributed by atoms with Gasteiger partial charge in [-0.1, -0.05) is 18.2 Å². The summed E-state index contributed by atoms with van der Waals surface area (Å²) in [6.07, 6.45) is -2.88. The summed E-state index contributed by atoms with van der Waals surface area (Å²) in [6.45, 7) is 0.893. The normalized spacial score (nSPS) is 20.1. The second-order valence-electron chi connectivity index (χ2n) is 8.56. The van der Waals surface area contributed by atoms with Gasteiger partial charge in [0, 0.05) is 25.3 Å². The van der Waals surface area contributed by atoms with Crippen molar-refractivity contribution in [2.75, 3.05) is 13.2 Å². The van der Waals surface area contributed by atoms with Gasteiger partial charge in [-0.15, -0.1) is 10.2 Å². The van der Waals surface area contributed by atoms with E-state index in [1.54, 1.807) is 6.07 Å². The van der Waals surface area contributed by atoms with Crippen LogP contribution in [0, 0.1) is 11.7 Å². The lowest BCUT2D eigenvalue weighted by atomic mass is 9.86. The van der Waals surface area contributed by atoms with E-state index in [-0.39, 0.29) is 28.8 Å². The highest BCUT2D eigenvalue weighted by atomic mass is 32.2. The number of aliphatic hydroxyl groups excluding tert-OH is 1. The molecule has 2 unspecified atom stereocenters. The predicted octanol–water partition coefficient (Wildman–Crippen LogP) is 3.85. The van der Waals surface area contributed by atoms with E-state index in [0.717, 1.165) is 0 Å². The average Bonchev–Trinajstić information content (AvgIpc) is 3.44.